The van der Waals surface area contributed by atoms with Gasteiger partial charge in [0.15, 0.2) is 5.58 Å². The number of oxazole rings is 1. The molecule has 0 fully saturated rings. The molecule has 0 aliphatic rings. The van der Waals surface area contributed by atoms with E-state index in [0.29, 0.717) is 11.1 Å². The zero-order valence-electron chi connectivity index (χ0n) is 13.2. The third-order valence-corrected chi connectivity index (χ3v) is 5.83. The Morgan fingerprint density at radius 1 is 1.24 bits per heavy atom. The van der Waals surface area contributed by atoms with Gasteiger partial charge in [0, 0.05) is 11.4 Å². The van der Waals surface area contributed by atoms with Crippen LogP contribution < -0.4 is 10.5 Å². The summed E-state index contributed by atoms with van der Waals surface area (Å²) in [5.74, 6) is -0.651. The minimum atomic E-state index is -3.84. The lowest BCUT2D eigenvalue weighted by Gasteiger charge is -2.13. The molecule has 0 saturated carbocycles. The zero-order valence-corrected chi connectivity index (χ0v) is 14.9. The van der Waals surface area contributed by atoms with Crippen LogP contribution in [0.2, 0.25) is 0 Å². The van der Waals surface area contributed by atoms with Crippen LogP contribution in [0.25, 0.3) is 11.1 Å². The maximum absolute atomic E-state index is 12.4. The fourth-order valence-electron chi connectivity index (χ4n) is 2.31. The van der Waals surface area contributed by atoms with Gasteiger partial charge in [0.1, 0.15) is 0 Å². The second-order valence-corrected chi connectivity index (χ2v) is 7.96. The summed E-state index contributed by atoms with van der Waals surface area (Å²) in [7, 11) is -3.84. The Bertz CT molecular complexity index is 1040. The summed E-state index contributed by atoms with van der Waals surface area (Å²) in [6.45, 7) is -0.166. The molecule has 0 aliphatic heterocycles. The molecule has 1 heterocycles. The summed E-state index contributed by atoms with van der Waals surface area (Å²) >= 11 is 1.58. The van der Waals surface area contributed by atoms with Crippen LogP contribution in [0.4, 0.5) is 0 Å². The predicted octanol–water partition coefficient (Wildman–Crippen LogP) is 1.85. The number of rotatable bonds is 6. The molecule has 0 spiro atoms. The first-order chi connectivity index (χ1) is 11.9. The SMILES string of the molecule is CSc1ccc(C(O)CNS(=O)(=O)c2ccc3oc(=O)[nH]c3c2)cc1. The molecule has 7 nitrogen and oxygen atoms in total. The number of benzene rings is 2. The van der Waals surface area contributed by atoms with Gasteiger partial charge in [-0.25, -0.2) is 17.9 Å². The highest BCUT2D eigenvalue weighted by molar-refractivity contribution is 7.98. The molecular formula is C16H16N2O5S2. The average Bonchev–Trinajstić information content (AvgIpc) is 2.99. The number of nitrogens with one attached hydrogen (secondary N) is 2. The Morgan fingerprint density at radius 2 is 1.96 bits per heavy atom. The summed E-state index contributed by atoms with van der Waals surface area (Å²) in [6, 6.07) is 11.3. The average molecular weight is 380 g/mol. The fraction of sp³-hybridized carbons (Fsp3) is 0.188. The normalized spacial score (nSPS) is 13.2. The number of aromatic amines is 1. The second kappa shape index (κ2) is 7.04. The van der Waals surface area contributed by atoms with Crippen molar-refractivity contribution in [3.8, 4) is 0 Å². The number of aromatic nitrogens is 1. The maximum atomic E-state index is 12.4. The van der Waals surface area contributed by atoms with E-state index in [2.05, 4.69) is 9.71 Å². The van der Waals surface area contributed by atoms with Gasteiger partial charge in [0.2, 0.25) is 10.0 Å². The molecule has 3 N–H and O–H groups in total. The van der Waals surface area contributed by atoms with Gasteiger partial charge >= 0.3 is 5.76 Å². The van der Waals surface area contributed by atoms with Crippen LogP contribution in [0.1, 0.15) is 11.7 Å². The number of H-pyrrole nitrogens is 1. The van der Waals surface area contributed by atoms with E-state index in [0.717, 1.165) is 4.90 Å². The van der Waals surface area contributed by atoms with Crippen molar-refractivity contribution in [2.75, 3.05) is 12.8 Å². The fourth-order valence-corrected chi connectivity index (χ4v) is 3.79. The van der Waals surface area contributed by atoms with Crippen molar-refractivity contribution in [1.29, 1.82) is 0 Å². The quantitative estimate of drug-likeness (QED) is 0.563. The van der Waals surface area contributed by atoms with E-state index in [1.165, 1.54) is 18.2 Å². The molecule has 2 aromatic carbocycles. The summed E-state index contributed by atoms with van der Waals surface area (Å²) in [5.41, 5.74) is 1.19. The second-order valence-electron chi connectivity index (χ2n) is 5.31. The minimum absolute atomic E-state index is 0.0259. The van der Waals surface area contributed by atoms with Crippen molar-refractivity contribution in [3.05, 3.63) is 58.6 Å². The van der Waals surface area contributed by atoms with Crippen molar-refractivity contribution in [1.82, 2.24) is 9.71 Å². The predicted molar refractivity (Wildman–Crippen MR) is 95.2 cm³/mol. The van der Waals surface area contributed by atoms with Crippen molar-refractivity contribution in [3.63, 3.8) is 0 Å². The van der Waals surface area contributed by atoms with Gasteiger partial charge in [-0.15, -0.1) is 11.8 Å². The van der Waals surface area contributed by atoms with Crippen molar-refractivity contribution in [2.24, 2.45) is 0 Å². The van der Waals surface area contributed by atoms with Gasteiger partial charge in [-0.1, -0.05) is 12.1 Å². The van der Waals surface area contributed by atoms with Gasteiger partial charge in [0.05, 0.1) is 16.5 Å². The van der Waals surface area contributed by atoms with Gasteiger partial charge in [-0.2, -0.15) is 0 Å². The summed E-state index contributed by atoms with van der Waals surface area (Å²) in [5, 5.41) is 10.2. The number of sulfonamides is 1. The Labute approximate surface area is 148 Å². The van der Waals surface area contributed by atoms with Crippen LogP contribution >= 0.6 is 11.8 Å². The summed E-state index contributed by atoms with van der Waals surface area (Å²) in [4.78, 5) is 14.6. The molecule has 1 atom stereocenters. The van der Waals surface area contributed by atoms with Gasteiger partial charge in [-0.3, -0.25) is 4.98 Å². The highest BCUT2D eigenvalue weighted by atomic mass is 32.2. The van der Waals surface area contributed by atoms with Crippen LogP contribution in [0, 0.1) is 0 Å². The zero-order chi connectivity index (χ0) is 18.0. The maximum Gasteiger partial charge on any atom is 0.417 e. The van der Waals surface area contributed by atoms with Crippen molar-refractivity contribution in [2.45, 2.75) is 15.9 Å². The molecule has 0 amide bonds. The molecular weight excluding hydrogens is 364 g/mol. The van der Waals surface area contributed by atoms with E-state index in [1.807, 2.05) is 18.4 Å². The Balaban J connectivity index is 1.74. The molecule has 132 valence electrons. The summed E-state index contributed by atoms with van der Waals surface area (Å²) < 4.78 is 32.0. The van der Waals surface area contributed by atoms with Crippen LogP contribution in [0.15, 0.2) is 61.5 Å². The first kappa shape index (κ1) is 17.7. The highest BCUT2D eigenvalue weighted by Crippen LogP contribution is 2.20. The molecule has 0 aliphatic carbocycles. The van der Waals surface area contributed by atoms with Crippen LogP contribution in [-0.4, -0.2) is 31.3 Å². The van der Waals surface area contributed by atoms with Crippen molar-refractivity contribution >= 4 is 32.9 Å². The van der Waals surface area contributed by atoms with E-state index in [-0.39, 0.29) is 17.0 Å². The number of aliphatic hydroxyl groups excluding tert-OH is 1. The Hall–Kier alpha value is -2.07. The van der Waals surface area contributed by atoms with E-state index in [1.54, 1.807) is 23.9 Å². The molecule has 0 saturated heterocycles. The first-order valence-electron chi connectivity index (χ1n) is 7.33. The first-order valence-corrected chi connectivity index (χ1v) is 10.0. The molecule has 1 unspecified atom stereocenters. The van der Waals surface area contributed by atoms with Gasteiger partial charge < -0.3 is 9.52 Å². The third kappa shape index (κ3) is 3.96. The van der Waals surface area contributed by atoms with Gasteiger partial charge in [-0.05, 0) is 42.2 Å². The van der Waals surface area contributed by atoms with Crippen LogP contribution in [-0.2, 0) is 10.0 Å². The molecule has 25 heavy (non-hydrogen) atoms. The van der Waals surface area contributed by atoms with E-state index < -0.39 is 21.9 Å². The topological polar surface area (TPSA) is 112 Å². The Kier molecular flexibility index (Phi) is 5.00. The number of thioether (sulfide) groups is 1. The smallest absolute Gasteiger partial charge is 0.408 e. The van der Waals surface area contributed by atoms with E-state index in [9.17, 15) is 18.3 Å². The van der Waals surface area contributed by atoms with E-state index >= 15 is 0 Å². The molecule has 1 aromatic heterocycles. The lowest BCUT2D eigenvalue weighted by atomic mass is 10.1. The molecule has 3 aromatic rings. The molecule has 0 radical (unpaired) electrons. The Morgan fingerprint density at radius 3 is 2.64 bits per heavy atom. The van der Waals surface area contributed by atoms with Crippen LogP contribution in [0.3, 0.4) is 0 Å². The van der Waals surface area contributed by atoms with Gasteiger partial charge in [0.25, 0.3) is 0 Å². The standard InChI is InChI=1S/C16H16N2O5S2/c1-24-11-4-2-10(3-5-11)14(19)9-17-25(21,22)12-6-7-15-13(8-12)18-16(20)23-15/h2-8,14,17,19H,9H2,1H3,(H,18,20). The monoisotopic (exact) mass is 380 g/mol. The van der Waals surface area contributed by atoms with Crippen LogP contribution in [0.5, 0.6) is 0 Å². The lowest BCUT2D eigenvalue weighted by molar-refractivity contribution is 0.182. The number of hydrogen-bond acceptors (Lipinski definition) is 6. The minimum Gasteiger partial charge on any atom is -0.408 e. The lowest BCUT2D eigenvalue weighted by Crippen LogP contribution is -2.28. The number of aliphatic hydroxyl groups is 1. The largest absolute Gasteiger partial charge is 0.417 e. The third-order valence-electron chi connectivity index (χ3n) is 3.67. The highest BCUT2D eigenvalue weighted by Gasteiger charge is 2.18. The molecule has 0 bridgehead atoms. The van der Waals surface area contributed by atoms with Crippen molar-refractivity contribution < 1.29 is 17.9 Å². The molecule has 9 heteroatoms. The summed E-state index contributed by atoms with van der Waals surface area (Å²) in [6.07, 6.45) is 0.979. The molecule has 3 rings (SSSR count). The number of fused-ring (bicyclic) bond motifs is 1. The number of hydrogen-bond donors (Lipinski definition) is 3. The van der Waals surface area contributed by atoms with E-state index in [4.69, 9.17) is 4.42 Å².